The average molecular weight is 276 g/mol. The van der Waals surface area contributed by atoms with Crippen LogP contribution in [-0.4, -0.2) is 30.1 Å². The molecule has 114 valence electrons. The summed E-state index contributed by atoms with van der Waals surface area (Å²) in [6.45, 7) is 17.8. The highest BCUT2D eigenvalue weighted by atomic mass is 15.2. The number of aryl methyl sites for hydroxylation is 2. The van der Waals surface area contributed by atoms with Crippen LogP contribution in [0.25, 0.3) is 0 Å². The first kappa shape index (κ1) is 17.2. The zero-order valence-electron chi connectivity index (χ0n) is 14.3. The minimum Gasteiger partial charge on any atom is -0.309 e. The molecule has 0 aliphatic rings. The summed E-state index contributed by atoms with van der Waals surface area (Å²) in [6, 6.07) is 8.42. The zero-order valence-corrected chi connectivity index (χ0v) is 14.3. The van der Waals surface area contributed by atoms with Gasteiger partial charge in [-0.15, -0.1) is 0 Å². The van der Waals surface area contributed by atoms with Crippen LogP contribution in [0.2, 0.25) is 0 Å². The summed E-state index contributed by atoms with van der Waals surface area (Å²) in [7, 11) is 0. The molecule has 0 aliphatic carbocycles. The molecule has 1 N–H and O–H groups in total. The minimum atomic E-state index is 0.412. The Kier molecular flexibility index (Phi) is 6.70. The van der Waals surface area contributed by atoms with Gasteiger partial charge in [0, 0.05) is 31.2 Å². The first-order valence-corrected chi connectivity index (χ1v) is 7.88. The highest BCUT2D eigenvalue weighted by molar-refractivity contribution is 5.30. The molecule has 0 saturated heterocycles. The average Bonchev–Trinajstić information content (AvgIpc) is 2.32. The van der Waals surface area contributed by atoms with Crippen molar-refractivity contribution in [2.45, 2.75) is 66.6 Å². The quantitative estimate of drug-likeness (QED) is 0.807. The van der Waals surface area contributed by atoms with Crippen molar-refractivity contribution < 1.29 is 0 Å². The highest BCUT2D eigenvalue weighted by Crippen LogP contribution is 2.16. The Morgan fingerprint density at radius 3 is 1.85 bits per heavy atom. The largest absolute Gasteiger partial charge is 0.309 e. The molecule has 2 heteroatoms. The van der Waals surface area contributed by atoms with E-state index in [4.69, 9.17) is 0 Å². The second kappa shape index (κ2) is 7.80. The maximum absolute atomic E-state index is 3.65. The van der Waals surface area contributed by atoms with E-state index in [-0.39, 0.29) is 0 Å². The molecule has 0 bridgehead atoms. The van der Waals surface area contributed by atoms with E-state index in [0.29, 0.717) is 18.1 Å². The van der Waals surface area contributed by atoms with Gasteiger partial charge in [0.05, 0.1) is 0 Å². The van der Waals surface area contributed by atoms with Gasteiger partial charge < -0.3 is 5.32 Å². The predicted octanol–water partition coefficient (Wildman–Crippen LogP) is 4.07. The number of hydrogen-bond acceptors (Lipinski definition) is 2. The van der Waals surface area contributed by atoms with Crippen LogP contribution in [0.15, 0.2) is 18.2 Å². The first-order chi connectivity index (χ1) is 9.31. The lowest BCUT2D eigenvalue weighted by Gasteiger charge is -2.31. The fourth-order valence-corrected chi connectivity index (χ4v) is 2.90. The van der Waals surface area contributed by atoms with Crippen LogP contribution in [0.4, 0.5) is 0 Å². The molecule has 0 aliphatic heterocycles. The van der Waals surface area contributed by atoms with Crippen molar-refractivity contribution in [1.29, 1.82) is 0 Å². The third kappa shape index (κ3) is 5.26. The minimum absolute atomic E-state index is 0.412. The molecule has 0 spiro atoms. The third-order valence-corrected chi connectivity index (χ3v) is 3.89. The third-order valence-electron chi connectivity index (χ3n) is 3.89. The predicted molar refractivity (Wildman–Crippen MR) is 89.3 cm³/mol. The Hall–Kier alpha value is -0.860. The fourth-order valence-electron chi connectivity index (χ4n) is 2.90. The van der Waals surface area contributed by atoms with Gasteiger partial charge in [-0.05, 0) is 54.0 Å². The van der Waals surface area contributed by atoms with Crippen LogP contribution >= 0.6 is 0 Å². The summed E-state index contributed by atoms with van der Waals surface area (Å²) in [5.41, 5.74) is 4.09. The summed E-state index contributed by atoms with van der Waals surface area (Å²) in [4.78, 5) is 2.53. The van der Waals surface area contributed by atoms with Gasteiger partial charge in [0.25, 0.3) is 0 Å². The first-order valence-electron chi connectivity index (χ1n) is 7.88. The lowest BCUT2D eigenvalue weighted by atomic mass is 10.0. The van der Waals surface area contributed by atoms with E-state index in [0.717, 1.165) is 13.1 Å². The van der Waals surface area contributed by atoms with Crippen LogP contribution in [-0.2, 0) is 0 Å². The van der Waals surface area contributed by atoms with Gasteiger partial charge in [-0.2, -0.15) is 0 Å². The van der Waals surface area contributed by atoms with Crippen molar-refractivity contribution >= 4 is 0 Å². The summed E-state index contributed by atoms with van der Waals surface area (Å²) in [5.74, 6) is 0. The number of benzene rings is 1. The van der Waals surface area contributed by atoms with Gasteiger partial charge in [0.2, 0.25) is 0 Å². The van der Waals surface area contributed by atoms with E-state index in [9.17, 15) is 0 Å². The second-order valence-electron chi connectivity index (χ2n) is 6.52. The van der Waals surface area contributed by atoms with E-state index < -0.39 is 0 Å². The number of nitrogens with zero attached hydrogens (tertiary/aromatic N) is 1. The van der Waals surface area contributed by atoms with Gasteiger partial charge in [0.1, 0.15) is 0 Å². The van der Waals surface area contributed by atoms with Crippen molar-refractivity contribution in [2.75, 3.05) is 13.1 Å². The van der Waals surface area contributed by atoms with Gasteiger partial charge in [-0.25, -0.2) is 0 Å². The molecular weight excluding hydrogens is 244 g/mol. The Morgan fingerprint density at radius 2 is 1.40 bits per heavy atom. The van der Waals surface area contributed by atoms with E-state index in [1.54, 1.807) is 0 Å². The van der Waals surface area contributed by atoms with Crippen molar-refractivity contribution in [1.82, 2.24) is 10.2 Å². The van der Waals surface area contributed by atoms with Crippen LogP contribution in [0, 0.1) is 13.8 Å². The monoisotopic (exact) mass is 276 g/mol. The van der Waals surface area contributed by atoms with E-state index in [1.807, 2.05) is 0 Å². The second-order valence-corrected chi connectivity index (χ2v) is 6.52. The molecule has 1 aromatic carbocycles. The zero-order chi connectivity index (χ0) is 15.3. The smallest absolute Gasteiger partial charge is 0.0292 e. The fraction of sp³-hybridized carbons (Fsp3) is 0.667. The summed E-state index contributed by atoms with van der Waals surface area (Å²) < 4.78 is 0. The maximum Gasteiger partial charge on any atom is 0.0292 e. The molecule has 20 heavy (non-hydrogen) atoms. The van der Waals surface area contributed by atoms with E-state index >= 15 is 0 Å². The standard InChI is InChI=1S/C18H32N2/c1-13(2)20(14(3)4)9-8-19-17(7)18-11-15(5)10-16(6)12-18/h10-14,17,19H,8-9H2,1-7H3. The molecule has 0 radical (unpaired) electrons. The van der Waals surface area contributed by atoms with Gasteiger partial charge >= 0.3 is 0 Å². The maximum atomic E-state index is 3.65. The normalized spacial score (nSPS) is 13.5. The van der Waals surface area contributed by atoms with E-state index in [1.165, 1.54) is 16.7 Å². The van der Waals surface area contributed by atoms with E-state index in [2.05, 4.69) is 76.9 Å². The molecule has 0 heterocycles. The lowest BCUT2D eigenvalue weighted by Crippen LogP contribution is -2.41. The molecule has 0 amide bonds. The lowest BCUT2D eigenvalue weighted by molar-refractivity contribution is 0.174. The SMILES string of the molecule is Cc1cc(C)cc(C(C)NCCN(C(C)C)C(C)C)c1. The van der Waals surface area contributed by atoms with Crippen LogP contribution in [0.5, 0.6) is 0 Å². The van der Waals surface area contributed by atoms with Gasteiger partial charge in [-0.3, -0.25) is 4.90 Å². The molecule has 0 aromatic heterocycles. The number of hydrogen-bond donors (Lipinski definition) is 1. The van der Waals surface area contributed by atoms with Crippen molar-refractivity contribution in [3.63, 3.8) is 0 Å². The Morgan fingerprint density at radius 1 is 0.900 bits per heavy atom. The molecule has 2 nitrogen and oxygen atoms in total. The highest BCUT2D eigenvalue weighted by Gasteiger charge is 2.13. The Bertz CT molecular complexity index is 382. The van der Waals surface area contributed by atoms with Crippen molar-refractivity contribution in [3.05, 3.63) is 34.9 Å². The summed E-state index contributed by atoms with van der Waals surface area (Å²) in [5, 5.41) is 3.65. The number of nitrogens with one attached hydrogen (secondary N) is 1. The molecule has 1 aromatic rings. The van der Waals surface area contributed by atoms with Crippen molar-refractivity contribution in [3.8, 4) is 0 Å². The topological polar surface area (TPSA) is 15.3 Å². The molecule has 1 atom stereocenters. The summed E-state index contributed by atoms with van der Waals surface area (Å²) >= 11 is 0. The molecule has 1 rings (SSSR count). The van der Waals surface area contributed by atoms with Gasteiger partial charge in [-0.1, -0.05) is 29.3 Å². The Labute approximate surface area is 125 Å². The van der Waals surface area contributed by atoms with Gasteiger partial charge in [0.15, 0.2) is 0 Å². The Balaban J connectivity index is 2.52. The van der Waals surface area contributed by atoms with Crippen LogP contribution in [0.1, 0.15) is 57.4 Å². The van der Waals surface area contributed by atoms with Crippen LogP contribution in [0.3, 0.4) is 0 Å². The summed E-state index contributed by atoms with van der Waals surface area (Å²) in [6.07, 6.45) is 0. The molecule has 0 fully saturated rings. The molecule has 1 unspecified atom stereocenters. The molecule has 0 saturated carbocycles. The van der Waals surface area contributed by atoms with Crippen LogP contribution < -0.4 is 5.32 Å². The van der Waals surface area contributed by atoms with Crippen molar-refractivity contribution in [2.24, 2.45) is 0 Å². The number of rotatable bonds is 7. The molecular formula is C18H32N2.